The van der Waals surface area contributed by atoms with Crippen LogP contribution in [0.15, 0.2) is 42.0 Å². The van der Waals surface area contributed by atoms with E-state index < -0.39 is 17.7 Å². The number of hydrogen-bond donors (Lipinski definition) is 1. The van der Waals surface area contributed by atoms with Crippen molar-refractivity contribution in [2.75, 3.05) is 19.8 Å². The number of Topliss-reactive ketones (excluding diaryl/α,β-unsaturated/α-hetero) is 1. The second-order valence-corrected chi connectivity index (χ2v) is 8.54. The third-order valence-electron chi connectivity index (χ3n) is 5.70. The number of hydrogen-bond acceptors (Lipinski definition) is 6. The summed E-state index contributed by atoms with van der Waals surface area (Å²) in [4.78, 5) is 27.5. The van der Waals surface area contributed by atoms with Crippen molar-refractivity contribution in [3.63, 3.8) is 0 Å². The van der Waals surface area contributed by atoms with E-state index in [4.69, 9.17) is 14.2 Å². The number of likely N-dealkylation sites (tertiary alicyclic amines) is 1. The van der Waals surface area contributed by atoms with Gasteiger partial charge in [0.25, 0.3) is 11.7 Å². The Morgan fingerprint density at radius 1 is 1.12 bits per heavy atom. The molecule has 0 aliphatic carbocycles. The first-order valence-corrected chi connectivity index (χ1v) is 11.3. The van der Waals surface area contributed by atoms with Crippen molar-refractivity contribution < 1.29 is 28.9 Å². The largest absolute Gasteiger partial charge is 0.507 e. The predicted octanol–water partition coefficient (Wildman–Crippen LogP) is 4.39. The Bertz CT molecular complexity index is 1120. The fraction of sp³-hybridized carbons (Fsp3) is 0.385. The van der Waals surface area contributed by atoms with Crippen molar-refractivity contribution in [3.05, 3.63) is 58.7 Å². The summed E-state index contributed by atoms with van der Waals surface area (Å²) in [6.07, 6.45) is 0.687. The molecule has 0 saturated carbocycles. The zero-order valence-electron chi connectivity index (χ0n) is 19.4. The van der Waals surface area contributed by atoms with Crippen LogP contribution >= 0.6 is 0 Å². The normalized spacial score (nSPS) is 19.3. The maximum absolute atomic E-state index is 13.1. The van der Waals surface area contributed by atoms with Crippen LogP contribution in [0.1, 0.15) is 49.9 Å². The van der Waals surface area contributed by atoms with E-state index in [1.54, 1.807) is 30.3 Å². The fourth-order valence-electron chi connectivity index (χ4n) is 4.27. The lowest BCUT2D eigenvalue weighted by molar-refractivity contribution is -0.139. The molecule has 7 heteroatoms. The summed E-state index contributed by atoms with van der Waals surface area (Å²) in [6, 6.07) is 9.89. The molecule has 1 saturated heterocycles. The van der Waals surface area contributed by atoms with Crippen LogP contribution in [0.25, 0.3) is 5.76 Å². The SMILES string of the molecule is CCCN1C(=O)C(=O)/C(=C(/O)c2ccc(OC(C)C)c(C)c2)C1c1ccc2c(c1)OCCO2. The van der Waals surface area contributed by atoms with E-state index in [-0.39, 0.29) is 17.4 Å². The minimum atomic E-state index is -0.715. The van der Waals surface area contributed by atoms with E-state index in [0.717, 1.165) is 5.56 Å². The number of fused-ring (bicyclic) bond motifs is 1. The highest BCUT2D eigenvalue weighted by atomic mass is 16.6. The Morgan fingerprint density at radius 2 is 1.85 bits per heavy atom. The summed E-state index contributed by atoms with van der Waals surface area (Å²) in [5.41, 5.74) is 2.04. The topological polar surface area (TPSA) is 85.3 Å². The molecule has 174 valence electrons. The molecule has 4 rings (SSSR count). The first-order valence-electron chi connectivity index (χ1n) is 11.3. The lowest BCUT2D eigenvalue weighted by Gasteiger charge is -2.26. The van der Waals surface area contributed by atoms with E-state index in [1.165, 1.54) is 4.90 Å². The number of ketones is 1. The van der Waals surface area contributed by atoms with Gasteiger partial charge < -0.3 is 24.2 Å². The van der Waals surface area contributed by atoms with Crippen LogP contribution in [0.2, 0.25) is 0 Å². The Balaban J connectivity index is 1.82. The summed E-state index contributed by atoms with van der Waals surface area (Å²) in [7, 11) is 0. The van der Waals surface area contributed by atoms with Gasteiger partial charge in [0.2, 0.25) is 0 Å². The van der Waals surface area contributed by atoms with Crippen molar-refractivity contribution in [2.24, 2.45) is 0 Å². The van der Waals surface area contributed by atoms with Crippen LogP contribution in [0.4, 0.5) is 0 Å². The van der Waals surface area contributed by atoms with Crippen LogP contribution < -0.4 is 14.2 Å². The van der Waals surface area contributed by atoms with Gasteiger partial charge in [-0.2, -0.15) is 0 Å². The number of carbonyl (C=O) groups excluding carboxylic acids is 2. The van der Waals surface area contributed by atoms with Gasteiger partial charge in [0.15, 0.2) is 11.5 Å². The van der Waals surface area contributed by atoms with Crippen LogP contribution in [0.3, 0.4) is 0 Å². The van der Waals surface area contributed by atoms with Crippen molar-refractivity contribution >= 4 is 17.4 Å². The van der Waals surface area contributed by atoms with E-state index in [2.05, 4.69) is 0 Å². The van der Waals surface area contributed by atoms with Crippen molar-refractivity contribution in [2.45, 2.75) is 46.3 Å². The summed E-state index contributed by atoms with van der Waals surface area (Å²) >= 11 is 0. The highest BCUT2D eigenvalue weighted by molar-refractivity contribution is 6.46. The van der Waals surface area contributed by atoms with Crippen LogP contribution in [0.5, 0.6) is 17.2 Å². The lowest BCUT2D eigenvalue weighted by atomic mass is 9.94. The average Bonchev–Trinajstić information content (AvgIpc) is 3.04. The smallest absolute Gasteiger partial charge is 0.295 e. The van der Waals surface area contributed by atoms with E-state index in [1.807, 2.05) is 33.8 Å². The Morgan fingerprint density at radius 3 is 2.52 bits per heavy atom. The third kappa shape index (κ3) is 4.27. The molecule has 1 fully saturated rings. The van der Waals surface area contributed by atoms with Crippen molar-refractivity contribution in [1.82, 2.24) is 4.90 Å². The number of carbonyl (C=O) groups is 2. The zero-order chi connectivity index (χ0) is 23.7. The molecule has 1 atom stereocenters. The maximum atomic E-state index is 13.1. The van der Waals surface area contributed by atoms with Gasteiger partial charge in [-0.15, -0.1) is 0 Å². The summed E-state index contributed by atoms with van der Waals surface area (Å²) in [5.74, 6) is 0.374. The quantitative estimate of drug-likeness (QED) is 0.398. The molecule has 33 heavy (non-hydrogen) atoms. The number of benzene rings is 2. The minimum Gasteiger partial charge on any atom is -0.507 e. The third-order valence-corrected chi connectivity index (χ3v) is 5.70. The van der Waals surface area contributed by atoms with Gasteiger partial charge in [-0.1, -0.05) is 13.0 Å². The van der Waals surface area contributed by atoms with Gasteiger partial charge in [0, 0.05) is 12.1 Å². The second kappa shape index (κ2) is 9.17. The van der Waals surface area contributed by atoms with Gasteiger partial charge in [0.05, 0.1) is 17.7 Å². The molecule has 7 nitrogen and oxygen atoms in total. The number of ether oxygens (including phenoxy) is 3. The molecule has 2 aliphatic heterocycles. The fourth-order valence-corrected chi connectivity index (χ4v) is 4.27. The van der Waals surface area contributed by atoms with Crippen molar-refractivity contribution in [3.8, 4) is 17.2 Å². The first-order chi connectivity index (χ1) is 15.8. The highest BCUT2D eigenvalue weighted by Crippen LogP contribution is 2.42. The first kappa shape index (κ1) is 22.7. The number of aliphatic hydroxyl groups is 1. The number of nitrogens with zero attached hydrogens (tertiary/aromatic N) is 1. The molecule has 2 aliphatic rings. The van der Waals surface area contributed by atoms with Gasteiger partial charge in [-0.3, -0.25) is 9.59 Å². The molecule has 0 radical (unpaired) electrons. The van der Waals surface area contributed by atoms with E-state index in [9.17, 15) is 14.7 Å². The minimum absolute atomic E-state index is 0.0118. The van der Waals surface area contributed by atoms with Crippen LogP contribution in [-0.4, -0.2) is 47.6 Å². The Hall–Kier alpha value is -3.48. The molecule has 2 heterocycles. The molecular formula is C26H29NO6. The lowest BCUT2D eigenvalue weighted by Crippen LogP contribution is -2.30. The molecular weight excluding hydrogens is 422 g/mol. The van der Waals surface area contributed by atoms with Crippen molar-refractivity contribution in [1.29, 1.82) is 0 Å². The number of amides is 1. The zero-order valence-corrected chi connectivity index (χ0v) is 19.4. The van der Waals surface area contributed by atoms with Gasteiger partial charge in [-0.25, -0.2) is 0 Å². The van der Waals surface area contributed by atoms with E-state index in [0.29, 0.717) is 54.6 Å². The molecule has 1 amide bonds. The van der Waals surface area contributed by atoms with Gasteiger partial charge in [-0.05, 0) is 68.7 Å². The standard InChI is InChI=1S/C26H29NO6/c1-5-10-27-23(17-6-9-20-21(14-17)32-12-11-31-20)22(25(29)26(27)30)24(28)18-7-8-19(16(4)13-18)33-15(2)3/h6-9,13-15,23,28H,5,10-12H2,1-4H3/b24-22+. The van der Waals surface area contributed by atoms with Gasteiger partial charge in [0.1, 0.15) is 24.7 Å². The molecule has 0 bridgehead atoms. The van der Waals surface area contributed by atoms with Gasteiger partial charge >= 0.3 is 0 Å². The summed E-state index contributed by atoms with van der Waals surface area (Å²) < 4.78 is 17.1. The molecule has 0 spiro atoms. The Kier molecular flexibility index (Phi) is 6.31. The highest BCUT2D eigenvalue weighted by Gasteiger charge is 2.46. The number of aliphatic hydroxyl groups excluding tert-OH is 1. The summed E-state index contributed by atoms with van der Waals surface area (Å²) in [6.45, 7) is 8.98. The molecule has 2 aromatic rings. The monoisotopic (exact) mass is 451 g/mol. The number of rotatable bonds is 6. The summed E-state index contributed by atoms with van der Waals surface area (Å²) in [5, 5.41) is 11.2. The van der Waals surface area contributed by atoms with Crippen LogP contribution in [-0.2, 0) is 9.59 Å². The van der Waals surface area contributed by atoms with E-state index >= 15 is 0 Å². The maximum Gasteiger partial charge on any atom is 0.295 e. The molecule has 1 unspecified atom stereocenters. The Labute approximate surface area is 193 Å². The predicted molar refractivity (Wildman–Crippen MR) is 124 cm³/mol. The average molecular weight is 452 g/mol. The second-order valence-electron chi connectivity index (χ2n) is 8.54. The molecule has 1 N–H and O–H groups in total. The molecule has 2 aromatic carbocycles. The molecule has 0 aromatic heterocycles. The van der Waals surface area contributed by atoms with Crippen LogP contribution in [0, 0.1) is 6.92 Å². The number of aryl methyl sites for hydroxylation is 1.